The van der Waals surface area contributed by atoms with E-state index in [0.717, 1.165) is 22.4 Å². The van der Waals surface area contributed by atoms with Gasteiger partial charge in [-0.1, -0.05) is 54.6 Å². The highest BCUT2D eigenvalue weighted by atomic mass is 16.5. The van der Waals surface area contributed by atoms with Gasteiger partial charge in [-0.3, -0.25) is 0 Å². The maximum absolute atomic E-state index is 5.87. The molecule has 0 atom stereocenters. The normalized spacial score (nSPS) is 10.4. The van der Waals surface area contributed by atoms with E-state index in [9.17, 15) is 0 Å². The van der Waals surface area contributed by atoms with Crippen LogP contribution < -0.4 is 31.4 Å². The van der Waals surface area contributed by atoms with E-state index in [1.54, 1.807) is 14.2 Å². The van der Waals surface area contributed by atoms with E-state index in [0.29, 0.717) is 35.6 Å². The average Bonchev–Trinajstić information content (AvgIpc) is 2.88. The van der Waals surface area contributed by atoms with Gasteiger partial charge in [-0.2, -0.15) is 9.97 Å². The number of para-hydroxylation sites is 1. The number of nitrogens with one attached hydrogen (secondary N) is 3. The standard InChI is InChI=1S/C25H26N6O2/c1-32-20-14-13-17(15-21(20)33-2)16-27-23-22(18-9-5-3-6-10-18)24(31-26)30-25(29-23)28-19-11-7-4-8-12-19/h3-15H,16,26H2,1-2H3,(H3,27,28,29,30,31). The second-order valence-corrected chi connectivity index (χ2v) is 7.16. The fourth-order valence-corrected chi connectivity index (χ4v) is 3.45. The highest BCUT2D eigenvalue weighted by molar-refractivity contribution is 5.85. The first-order valence-electron chi connectivity index (χ1n) is 10.4. The van der Waals surface area contributed by atoms with Gasteiger partial charge in [0.25, 0.3) is 0 Å². The second kappa shape index (κ2) is 10.3. The largest absolute Gasteiger partial charge is 0.493 e. The maximum atomic E-state index is 5.87. The first-order chi connectivity index (χ1) is 16.2. The van der Waals surface area contributed by atoms with E-state index in [-0.39, 0.29) is 0 Å². The Balaban J connectivity index is 1.71. The van der Waals surface area contributed by atoms with Crippen LogP contribution in [-0.2, 0) is 6.54 Å². The number of hydrogen-bond donors (Lipinski definition) is 4. The molecule has 8 nitrogen and oxygen atoms in total. The molecule has 0 saturated heterocycles. The molecular formula is C25H26N6O2. The van der Waals surface area contributed by atoms with Crippen molar-refractivity contribution in [2.24, 2.45) is 5.84 Å². The molecule has 8 heteroatoms. The van der Waals surface area contributed by atoms with Gasteiger partial charge in [0.2, 0.25) is 5.95 Å². The lowest BCUT2D eigenvalue weighted by atomic mass is 10.1. The molecule has 0 saturated carbocycles. The van der Waals surface area contributed by atoms with Crippen LogP contribution in [0.25, 0.3) is 11.1 Å². The van der Waals surface area contributed by atoms with E-state index < -0.39 is 0 Å². The number of methoxy groups -OCH3 is 2. The zero-order valence-corrected chi connectivity index (χ0v) is 18.5. The Bertz CT molecular complexity index is 1200. The molecule has 3 aromatic carbocycles. The van der Waals surface area contributed by atoms with Crippen molar-refractivity contribution < 1.29 is 9.47 Å². The van der Waals surface area contributed by atoms with Gasteiger partial charge in [0.1, 0.15) is 5.82 Å². The second-order valence-electron chi connectivity index (χ2n) is 7.16. The number of nitrogen functional groups attached to an aromatic ring is 1. The Kier molecular flexibility index (Phi) is 6.87. The van der Waals surface area contributed by atoms with Crippen LogP contribution in [0.4, 0.5) is 23.3 Å². The first-order valence-corrected chi connectivity index (χ1v) is 10.4. The third-order valence-corrected chi connectivity index (χ3v) is 5.05. The molecule has 168 valence electrons. The molecule has 5 N–H and O–H groups in total. The SMILES string of the molecule is COc1ccc(CNc2nc(Nc3ccccc3)nc(NN)c2-c2ccccc2)cc1OC. The van der Waals surface area contributed by atoms with Crippen LogP contribution in [0, 0.1) is 0 Å². The Morgan fingerprint density at radius 1 is 0.788 bits per heavy atom. The Labute approximate surface area is 192 Å². The van der Waals surface area contributed by atoms with Gasteiger partial charge in [-0.15, -0.1) is 0 Å². The molecule has 1 aromatic heterocycles. The molecule has 0 bridgehead atoms. The molecular weight excluding hydrogens is 416 g/mol. The van der Waals surface area contributed by atoms with E-state index in [2.05, 4.69) is 21.0 Å². The molecule has 0 radical (unpaired) electrons. The zero-order valence-electron chi connectivity index (χ0n) is 18.5. The summed E-state index contributed by atoms with van der Waals surface area (Å²) in [6.45, 7) is 0.506. The van der Waals surface area contributed by atoms with E-state index in [4.69, 9.17) is 20.3 Å². The quantitative estimate of drug-likeness (QED) is 0.216. The summed E-state index contributed by atoms with van der Waals surface area (Å²) < 4.78 is 10.8. The summed E-state index contributed by atoms with van der Waals surface area (Å²) in [5.41, 5.74) is 6.31. The number of nitrogens with zero attached hydrogens (tertiary/aromatic N) is 2. The molecule has 33 heavy (non-hydrogen) atoms. The maximum Gasteiger partial charge on any atom is 0.231 e. The Hall–Kier alpha value is -4.30. The van der Waals surface area contributed by atoms with Crippen LogP contribution >= 0.6 is 0 Å². The van der Waals surface area contributed by atoms with Gasteiger partial charge in [-0.05, 0) is 35.4 Å². The Morgan fingerprint density at radius 2 is 1.45 bits per heavy atom. The third-order valence-electron chi connectivity index (χ3n) is 5.05. The predicted molar refractivity (Wildman–Crippen MR) is 132 cm³/mol. The van der Waals surface area contributed by atoms with Gasteiger partial charge in [0, 0.05) is 12.2 Å². The van der Waals surface area contributed by atoms with Gasteiger partial charge in [0.15, 0.2) is 17.3 Å². The first kappa shape index (κ1) is 21.9. The van der Waals surface area contributed by atoms with Gasteiger partial charge < -0.3 is 25.5 Å². The van der Waals surface area contributed by atoms with Crippen molar-refractivity contribution >= 4 is 23.3 Å². The minimum Gasteiger partial charge on any atom is -0.493 e. The average molecular weight is 443 g/mol. The number of benzene rings is 3. The molecule has 4 rings (SSSR count). The van der Waals surface area contributed by atoms with Crippen molar-refractivity contribution in [1.82, 2.24) is 9.97 Å². The number of nitrogens with two attached hydrogens (primary N) is 1. The summed E-state index contributed by atoms with van der Waals surface area (Å²) in [5, 5.41) is 6.67. The Morgan fingerprint density at radius 3 is 2.12 bits per heavy atom. The molecule has 4 aromatic rings. The summed E-state index contributed by atoms with van der Waals surface area (Å²) in [6.07, 6.45) is 0. The van der Waals surface area contributed by atoms with Crippen LogP contribution in [0.5, 0.6) is 11.5 Å². The molecule has 1 heterocycles. The molecule has 0 spiro atoms. The number of aromatic nitrogens is 2. The third kappa shape index (κ3) is 5.13. The number of hydrogen-bond acceptors (Lipinski definition) is 8. The highest BCUT2D eigenvalue weighted by Gasteiger charge is 2.16. The van der Waals surface area contributed by atoms with Crippen molar-refractivity contribution in [2.75, 3.05) is 30.3 Å². The van der Waals surface area contributed by atoms with Crippen LogP contribution in [0.1, 0.15) is 5.56 Å². The molecule has 0 fully saturated rings. The van der Waals surface area contributed by atoms with E-state index in [1.807, 2.05) is 78.9 Å². The van der Waals surface area contributed by atoms with Crippen LogP contribution in [0.3, 0.4) is 0 Å². The lowest BCUT2D eigenvalue weighted by Crippen LogP contribution is -2.14. The smallest absolute Gasteiger partial charge is 0.231 e. The summed E-state index contributed by atoms with van der Waals surface area (Å²) in [4.78, 5) is 9.35. The van der Waals surface area contributed by atoms with Gasteiger partial charge in [-0.25, -0.2) is 5.84 Å². The molecule has 0 amide bonds. The molecule has 0 aliphatic rings. The van der Waals surface area contributed by atoms with Crippen molar-refractivity contribution in [3.05, 3.63) is 84.4 Å². The van der Waals surface area contributed by atoms with Crippen LogP contribution in [0.2, 0.25) is 0 Å². The van der Waals surface area contributed by atoms with Gasteiger partial charge in [0.05, 0.1) is 19.8 Å². The fraction of sp³-hybridized carbons (Fsp3) is 0.120. The number of anilines is 4. The lowest BCUT2D eigenvalue weighted by molar-refractivity contribution is 0.354. The van der Waals surface area contributed by atoms with Crippen molar-refractivity contribution in [3.63, 3.8) is 0 Å². The molecule has 0 unspecified atom stereocenters. The summed E-state index contributed by atoms with van der Waals surface area (Å²) in [5.74, 6) is 8.77. The minimum atomic E-state index is 0.420. The highest BCUT2D eigenvalue weighted by Crippen LogP contribution is 2.35. The fourth-order valence-electron chi connectivity index (χ4n) is 3.45. The molecule has 0 aliphatic carbocycles. The van der Waals surface area contributed by atoms with Gasteiger partial charge >= 0.3 is 0 Å². The van der Waals surface area contributed by atoms with Crippen molar-refractivity contribution in [1.29, 1.82) is 0 Å². The monoisotopic (exact) mass is 442 g/mol. The van der Waals surface area contributed by atoms with Crippen LogP contribution in [-0.4, -0.2) is 24.2 Å². The summed E-state index contributed by atoms with van der Waals surface area (Å²) in [6, 6.07) is 25.4. The van der Waals surface area contributed by atoms with Crippen LogP contribution in [0.15, 0.2) is 78.9 Å². The topological polar surface area (TPSA) is 106 Å². The predicted octanol–water partition coefficient (Wildman–Crippen LogP) is 4.80. The number of hydrazine groups is 1. The van der Waals surface area contributed by atoms with E-state index in [1.165, 1.54) is 0 Å². The van der Waals surface area contributed by atoms with Crippen molar-refractivity contribution in [3.8, 4) is 22.6 Å². The summed E-state index contributed by atoms with van der Waals surface area (Å²) >= 11 is 0. The minimum absolute atomic E-state index is 0.420. The van der Waals surface area contributed by atoms with E-state index >= 15 is 0 Å². The number of ether oxygens (including phenoxy) is 2. The zero-order chi connectivity index (χ0) is 23.0. The lowest BCUT2D eigenvalue weighted by Gasteiger charge is -2.17. The van der Waals surface area contributed by atoms with Crippen molar-refractivity contribution in [2.45, 2.75) is 6.54 Å². The summed E-state index contributed by atoms with van der Waals surface area (Å²) in [7, 11) is 3.24. The number of rotatable bonds is 9. The molecule has 0 aliphatic heterocycles.